The van der Waals surface area contributed by atoms with Crippen molar-refractivity contribution >= 4 is 33.4 Å². The maximum Gasteiger partial charge on any atom is 0.244 e. The van der Waals surface area contributed by atoms with Crippen LogP contribution in [-0.4, -0.2) is 48.5 Å². The first-order chi connectivity index (χ1) is 14.9. The first-order valence-corrected chi connectivity index (χ1v) is 12.6. The minimum absolute atomic E-state index is 0.127. The summed E-state index contributed by atoms with van der Waals surface area (Å²) in [6, 6.07) is 14.5. The number of thioether (sulfide) groups is 1. The zero-order chi connectivity index (χ0) is 22.3. The van der Waals surface area contributed by atoms with E-state index in [4.69, 9.17) is 5.26 Å². The number of hydrogen-bond acceptors (Lipinski definition) is 6. The molecule has 0 N–H and O–H groups in total. The van der Waals surface area contributed by atoms with Crippen molar-refractivity contribution in [2.45, 2.75) is 47.8 Å². The number of hydrogen-bond donors (Lipinski definition) is 0. The predicted molar refractivity (Wildman–Crippen MR) is 121 cm³/mol. The van der Waals surface area contributed by atoms with Crippen LogP contribution in [0, 0.1) is 11.3 Å². The van der Waals surface area contributed by atoms with Crippen LogP contribution in [0.3, 0.4) is 0 Å². The molecule has 9 heteroatoms. The topological polar surface area (TPSA) is 94.4 Å². The number of carbonyl (C=O) groups excluding carboxylic acids is 1. The first kappa shape index (κ1) is 23.3. The van der Waals surface area contributed by atoms with Gasteiger partial charge in [0.15, 0.2) is 0 Å². The molecular weight excluding hydrogens is 432 g/mol. The average molecular weight is 459 g/mol. The number of amides is 1. The lowest BCUT2D eigenvalue weighted by Gasteiger charge is -2.26. The Bertz CT molecular complexity index is 1010. The summed E-state index contributed by atoms with van der Waals surface area (Å²) >= 11 is 1.27. The summed E-state index contributed by atoms with van der Waals surface area (Å²) < 4.78 is 27.0. The number of nitrogens with zero attached hydrogens (tertiary/aromatic N) is 4. The number of benzene rings is 1. The third kappa shape index (κ3) is 5.85. The Hall–Kier alpha value is -2.41. The van der Waals surface area contributed by atoms with E-state index in [2.05, 4.69) is 11.1 Å². The second-order valence-corrected chi connectivity index (χ2v) is 10.6. The highest BCUT2D eigenvalue weighted by Crippen LogP contribution is 2.27. The fraction of sp³-hybridized carbons (Fsp3) is 0.409. The number of rotatable bonds is 8. The number of anilines is 1. The molecule has 1 aromatic heterocycles. The molecule has 1 saturated heterocycles. The molecule has 0 spiro atoms. The molecule has 31 heavy (non-hydrogen) atoms. The van der Waals surface area contributed by atoms with Crippen LogP contribution in [0.4, 0.5) is 5.69 Å². The van der Waals surface area contributed by atoms with E-state index in [1.54, 1.807) is 24.0 Å². The molecule has 7 nitrogen and oxygen atoms in total. The van der Waals surface area contributed by atoms with E-state index in [0.29, 0.717) is 24.7 Å². The van der Waals surface area contributed by atoms with Crippen molar-refractivity contribution in [3.63, 3.8) is 0 Å². The number of piperidine rings is 1. The van der Waals surface area contributed by atoms with Crippen LogP contribution in [0.25, 0.3) is 0 Å². The molecule has 164 valence electrons. The fourth-order valence-electron chi connectivity index (χ4n) is 3.43. The summed E-state index contributed by atoms with van der Waals surface area (Å²) in [5, 5.41) is 9.08. The molecule has 1 aliphatic heterocycles. The zero-order valence-corrected chi connectivity index (χ0v) is 19.1. The molecule has 1 aliphatic rings. The van der Waals surface area contributed by atoms with Gasteiger partial charge in [-0.25, -0.2) is 13.4 Å². The Morgan fingerprint density at radius 3 is 2.52 bits per heavy atom. The molecule has 0 aliphatic carbocycles. The van der Waals surface area contributed by atoms with Crippen molar-refractivity contribution in [2.24, 2.45) is 0 Å². The van der Waals surface area contributed by atoms with E-state index in [0.717, 1.165) is 24.9 Å². The third-order valence-electron chi connectivity index (χ3n) is 5.09. The van der Waals surface area contributed by atoms with Crippen molar-refractivity contribution in [1.29, 1.82) is 5.26 Å². The van der Waals surface area contributed by atoms with Crippen molar-refractivity contribution < 1.29 is 13.2 Å². The zero-order valence-electron chi connectivity index (χ0n) is 17.5. The van der Waals surface area contributed by atoms with Crippen LogP contribution in [0.2, 0.25) is 0 Å². The minimum Gasteiger partial charge on any atom is -0.310 e. The van der Waals surface area contributed by atoms with Crippen molar-refractivity contribution in [3.05, 3.63) is 48.7 Å². The maximum absolute atomic E-state index is 13.1. The average Bonchev–Trinajstić information content (AvgIpc) is 2.81. The smallest absolute Gasteiger partial charge is 0.244 e. The van der Waals surface area contributed by atoms with Crippen LogP contribution in [0.15, 0.2) is 58.6 Å². The quantitative estimate of drug-likeness (QED) is 0.560. The highest BCUT2D eigenvalue weighted by atomic mass is 32.2. The predicted octanol–water partition coefficient (Wildman–Crippen LogP) is 3.68. The molecule has 3 rings (SSSR count). The summed E-state index contributed by atoms with van der Waals surface area (Å²) in [6.07, 6.45) is 4.42. The van der Waals surface area contributed by atoms with E-state index in [9.17, 15) is 13.2 Å². The van der Waals surface area contributed by atoms with Gasteiger partial charge in [0.1, 0.15) is 4.90 Å². The molecule has 0 radical (unpaired) electrons. The van der Waals surface area contributed by atoms with Gasteiger partial charge in [-0.3, -0.25) is 4.79 Å². The van der Waals surface area contributed by atoms with Crippen LogP contribution in [0.1, 0.15) is 32.6 Å². The van der Waals surface area contributed by atoms with Gasteiger partial charge in [-0.15, -0.1) is 0 Å². The lowest BCUT2D eigenvalue weighted by atomic mass is 10.2. The van der Waals surface area contributed by atoms with Gasteiger partial charge in [0, 0.05) is 31.5 Å². The van der Waals surface area contributed by atoms with Gasteiger partial charge in [-0.2, -0.15) is 9.57 Å². The Morgan fingerprint density at radius 2 is 1.90 bits per heavy atom. The van der Waals surface area contributed by atoms with Crippen LogP contribution < -0.4 is 4.90 Å². The molecular formula is C22H26N4O3S2. The van der Waals surface area contributed by atoms with Gasteiger partial charge in [0.25, 0.3) is 0 Å². The van der Waals surface area contributed by atoms with E-state index >= 15 is 0 Å². The molecule has 0 saturated carbocycles. The molecule has 2 aromatic rings. The van der Waals surface area contributed by atoms with Gasteiger partial charge in [0.05, 0.1) is 22.8 Å². The number of aromatic nitrogens is 1. The highest BCUT2D eigenvalue weighted by molar-refractivity contribution is 8.00. The Kier molecular flexibility index (Phi) is 8.07. The molecule has 0 bridgehead atoms. The van der Waals surface area contributed by atoms with Gasteiger partial charge >= 0.3 is 0 Å². The normalized spacial score (nSPS) is 15.7. The summed E-state index contributed by atoms with van der Waals surface area (Å²) in [5.74, 6) is -0.127. The first-order valence-electron chi connectivity index (χ1n) is 10.3. The van der Waals surface area contributed by atoms with Crippen molar-refractivity contribution in [3.8, 4) is 6.07 Å². The van der Waals surface area contributed by atoms with E-state index in [-0.39, 0.29) is 17.2 Å². The van der Waals surface area contributed by atoms with Crippen LogP contribution in [-0.2, 0) is 14.8 Å². The summed E-state index contributed by atoms with van der Waals surface area (Å²) in [7, 11) is -3.53. The lowest BCUT2D eigenvalue weighted by molar-refractivity contribution is -0.117. The Balaban J connectivity index is 1.69. The second kappa shape index (κ2) is 10.8. The molecule has 2 heterocycles. The van der Waals surface area contributed by atoms with Gasteiger partial charge in [0.2, 0.25) is 15.9 Å². The largest absolute Gasteiger partial charge is 0.310 e. The third-order valence-corrected chi connectivity index (χ3v) is 8.01. The van der Waals surface area contributed by atoms with Crippen LogP contribution >= 0.6 is 11.8 Å². The minimum atomic E-state index is -3.53. The summed E-state index contributed by atoms with van der Waals surface area (Å²) in [5.41, 5.74) is 0.742. The van der Waals surface area contributed by atoms with Crippen molar-refractivity contribution in [1.82, 2.24) is 9.29 Å². The maximum atomic E-state index is 13.1. The Morgan fingerprint density at radius 1 is 1.19 bits per heavy atom. The summed E-state index contributed by atoms with van der Waals surface area (Å²) in [6.45, 7) is 3.19. The van der Waals surface area contributed by atoms with Crippen LogP contribution in [0.5, 0.6) is 0 Å². The number of carbonyl (C=O) groups is 1. The van der Waals surface area contributed by atoms with Gasteiger partial charge in [-0.05, 0) is 44.0 Å². The monoisotopic (exact) mass is 458 g/mol. The number of para-hydroxylation sites is 1. The number of nitriles is 1. The van der Waals surface area contributed by atoms with E-state index in [1.165, 1.54) is 22.3 Å². The standard InChI is InChI=1S/C22H26N4O3S2/c1-18(22(27)26(16-8-13-23)19-9-4-2-5-10-19)30-21-12-11-20(17-24-21)31(28,29)25-14-6-3-7-15-25/h2,4-5,9-12,17-18H,3,6-8,14-16H2,1H3. The van der Waals surface area contributed by atoms with Gasteiger partial charge in [-0.1, -0.05) is 36.4 Å². The fourth-order valence-corrected chi connectivity index (χ4v) is 5.74. The number of sulfonamides is 1. The molecule has 1 unspecified atom stereocenters. The van der Waals surface area contributed by atoms with E-state index in [1.807, 2.05) is 30.3 Å². The molecule has 1 atom stereocenters. The van der Waals surface area contributed by atoms with E-state index < -0.39 is 15.3 Å². The SMILES string of the molecule is CC(Sc1ccc(S(=O)(=O)N2CCCCC2)cn1)C(=O)N(CCC#N)c1ccccc1. The van der Waals surface area contributed by atoms with Gasteiger partial charge < -0.3 is 4.90 Å². The number of pyridine rings is 1. The molecule has 1 amide bonds. The highest BCUT2D eigenvalue weighted by Gasteiger charge is 2.27. The lowest BCUT2D eigenvalue weighted by Crippen LogP contribution is -2.37. The second-order valence-electron chi connectivity index (χ2n) is 7.29. The molecule has 1 fully saturated rings. The Labute approximate surface area is 188 Å². The molecule has 1 aromatic carbocycles. The van der Waals surface area contributed by atoms with Crippen molar-refractivity contribution in [2.75, 3.05) is 24.5 Å². The summed E-state index contributed by atoms with van der Waals surface area (Å²) in [4.78, 5) is 19.1.